The molecule has 0 aliphatic rings. The Hall–Kier alpha value is -0.580. The molecule has 1 aromatic carbocycles. The third-order valence-electron chi connectivity index (χ3n) is 2.25. The summed E-state index contributed by atoms with van der Waals surface area (Å²) < 4.78 is 2.78. The Labute approximate surface area is 112 Å². The molecule has 0 saturated carbocycles. The third-order valence-corrected chi connectivity index (χ3v) is 3.32. The van der Waals surface area contributed by atoms with E-state index in [1.807, 2.05) is 29.8 Å². The SMILES string of the molecule is Cn1c(CCl)nnc1-c1cc(Br)ccc1Cl. The highest BCUT2D eigenvalue weighted by atomic mass is 79.9. The Morgan fingerprint density at radius 3 is 2.75 bits per heavy atom. The molecule has 2 rings (SSSR count). The monoisotopic (exact) mass is 319 g/mol. The summed E-state index contributed by atoms with van der Waals surface area (Å²) in [5, 5.41) is 8.71. The van der Waals surface area contributed by atoms with Crippen molar-refractivity contribution in [2.24, 2.45) is 7.05 Å². The van der Waals surface area contributed by atoms with Crippen molar-refractivity contribution in [3.8, 4) is 11.4 Å². The maximum atomic E-state index is 6.12. The highest BCUT2D eigenvalue weighted by molar-refractivity contribution is 9.10. The zero-order valence-electron chi connectivity index (χ0n) is 8.41. The van der Waals surface area contributed by atoms with Crippen LogP contribution in [0.15, 0.2) is 22.7 Å². The molecule has 0 aliphatic carbocycles. The summed E-state index contributed by atoms with van der Waals surface area (Å²) in [4.78, 5) is 0. The average molecular weight is 321 g/mol. The predicted molar refractivity (Wildman–Crippen MR) is 68.7 cm³/mol. The molecular formula is C10H8BrCl2N3. The maximum absolute atomic E-state index is 6.12. The Morgan fingerprint density at radius 1 is 1.38 bits per heavy atom. The van der Waals surface area contributed by atoms with Gasteiger partial charge in [0.05, 0.1) is 10.9 Å². The van der Waals surface area contributed by atoms with E-state index in [1.165, 1.54) is 0 Å². The van der Waals surface area contributed by atoms with E-state index in [0.29, 0.717) is 22.6 Å². The minimum atomic E-state index is 0.328. The third kappa shape index (κ3) is 2.10. The molecule has 0 atom stereocenters. The van der Waals surface area contributed by atoms with Crippen molar-refractivity contribution in [1.29, 1.82) is 0 Å². The first kappa shape index (κ1) is 11.9. The van der Waals surface area contributed by atoms with Crippen LogP contribution < -0.4 is 0 Å². The van der Waals surface area contributed by atoms with Crippen molar-refractivity contribution in [1.82, 2.24) is 14.8 Å². The van der Waals surface area contributed by atoms with Crippen LogP contribution in [0.1, 0.15) is 5.82 Å². The van der Waals surface area contributed by atoms with E-state index in [-0.39, 0.29) is 0 Å². The van der Waals surface area contributed by atoms with Crippen LogP contribution in [0.25, 0.3) is 11.4 Å². The molecule has 0 saturated heterocycles. The summed E-state index contributed by atoms with van der Waals surface area (Å²) in [6.07, 6.45) is 0. The van der Waals surface area contributed by atoms with Gasteiger partial charge < -0.3 is 4.57 Å². The molecule has 0 fully saturated rings. The normalized spacial score (nSPS) is 10.8. The number of aromatic nitrogens is 3. The first-order valence-corrected chi connectivity index (χ1v) is 6.23. The summed E-state index contributed by atoms with van der Waals surface area (Å²) in [5.41, 5.74) is 0.836. The average Bonchev–Trinajstić information content (AvgIpc) is 2.63. The molecule has 0 aliphatic heterocycles. The molecule has 0 radical (unpaired) electrons. The zero-order valence-corrected chi connectivity index (χ0v) is 11.5. The van der Waals surface area contributed by atoms with Crippen LogP contribution in [0.5, 0.6) is 0 Å². The topological polar surface area (TPSA) is 30.7 Å². The molecule has 3 nitrogen and oxygen atoms in total. The van der Waals surface area contributed by atoms with Crippen LogP contribution in [0.2, 0.25) is 5.02 Å². The Bertz CT molecular complexity index is 525. The van der Waals surface area contributed by atoms with Gasteiger partial charge >= 0.3 is 0 Å². The second-order valence-electron chi connectivity index (χ2n) is 3.26. The quantitative estimate of drug-likeness (QED) is 0.791. The molecule has 16 heavy (non-hydrogen) atoms. The number of hydrogen-bond acceptors (Lipinski definition) is 2. The molecule has 0 amide bonds. The lowest BCUT2D eigenvalue weighted by atomic mass is 10.2. The molecule has 0 N–H and O–H groups in total. The summed E-state index contributed by atoms with van der Waals surface area (Å²) in [6, 6.07) is 5.60. The molecule has 2 aromatic rings. The van der Waals surface area contributed by atoms with E-state index < -0.39 is 0 Å². The molecule has 0 unspecified atom stereocenters. The van der Waals surface area contributed by atoms with Crippen molar-refractivity contribution >= 4 is 39.1 Å². The standard InChI is InChI=1S/C10H8BrCl2N3/c1-16-9(5-12)14-15-10(16)7-4-6(11)2-3-8(7)13/h2-4H,5H2,1H3. The highest BCUT2D eigenvalue weighted by Crippen LogP contribution is 2.29. The van der Waals surface area contributed by atoms with Gasteiger partial charge in [0.15, 0.2) is 5.82 Å². The van der Waals surface area contributed by atoms with Gasteiger partial charge in [-0.3, -0.25) is 0 Å². The van der Waals surface area contributed by atoms with Gasteiger partial charge in [0.2, 0.25) is 0 Å². The van der Waals surface area contributed by atoms with Gasteiger partial charge in [-0.2, -0.15) is 0 Å². The van der Waals surface area contributed by atoms with Gasteiger partial charge in [0.25, 0.3) is 0 Å². The van der Waals surface area contributed by atoms with Gasteiger partial charge in [-0.1, -0.05) is 27.5 Å². The van der Waals surface area contributed by atoms with Crippen LogP contribution in [0, 0.1) is 0 Å². The minimum absolute atomic E-state index is 0.328. The molecule has 84 valence electrons. The minimum Gasteiger partial charge on any atom is -0.313 e. The summed E-state index contributed by atoms with van der Waals surface area (Å²) >= 11 is 15.3. The van der Waals surface area contributed by atoms with Crippen LogP contribution in [0.4, 0.5) is 0 Å². The maximum Gasteiger partial charge on any atom is 0.165 e. The lowest BCUT2D eigenvalue weighted by molar-refractivity contribution is 0.853. The fourth-order valence-electron chi connectivity index (χ4n) is 1.38. The van der Waals surface area contributed by atoms with E-state index >= 15 is 0 Å². The van der Waals surface area contributed by atoms with Gasteiger partial charge in [-0.15, -0.1) is 21.8 Å². The number of hydrogen-bond donors (Lipinski definition) is 0. The number of nitrogens with zero attached hydrogens (tertiary/aromatic N) is 3. The van der Waals surface area contributed by atoms with Crippen molar-refractivity contribution in [3.63, 3.8) is 0 Å². The fraction of sp³-hybridized carbons (Fsp3) is 0.200. The largest absolute Gasteiger partial charge is 0.313 e. The van der Waals surface area contributed by atoms with Crippen LogP contribution in [-0.2, 0) is 12.9 Å². The van der Waals surface area contributed by atoms with E-state index in [9.17, 15) is 0 Å². The highest BCUT2D eigenvalue weighted by Gasteiger charge is 2.13. The number of benzene rings is 1. The van der Waals surface area contributed by atoms with E-state index in [4.69, 9.17) is 23.2 Å². The predicted octanol–water partition coefficient (Wildman–Crippen LogP) is 3.64. The number of halogens is 3. The molecule has 0 bridgehead atoms. The lowest BCUT2D eigenvalue weighted by Gasteiger charge is -2.05. The summed E-state index contributed by atoms with van der Waals surface area (Å²) in [5.74, 6) is 1.75. The summed E-state index contributed by atoms with van der Waals surface area (Å²) in [7, 11) is 1.87. The first-order chi connectivity index (χ1) is 7.63. The van der Waals surface area contributed by atoms with Crippen LogP contribution in [-0.4, -0.2) is 14.8 Å². The van der Waals surface area contributed by atoms with E-state index in [1.54, 1.807) is 0 Å². The zero-order chi connectivity index (χ0) is 11.7. The Kier molecular flexibility index (Phi) is 3.52. The molecular weight excluding hydrogens is 313 g/mol. The van der Waals surface area contributed by atoms with E-state index in [2.05, 4.69) is 26.1 Å². The van der Waals surface area contributed by atoms with Gasteiger partial charge in [0.1, 0.15) is 5.82 Å². The molecule has 0 spiro atoms. The number of rotatable bonds is 2. The van der Waals surface area contributed by atoms with Gasteiger partial charge in [-0.05, 0) is 18.2 Å². The molecule has 1 heterocycles. The van der Waals surface area contributed by atoms with E-state index in [0.717, 1.165) is 10.0 Å². The second kappa shape index (κ2) is 4.73. The van der Waals surface area contributed by atoms with Gasteiger partial charge in [-0.25, -0.2) is 0 Å². The first-order valence-electron chi connectivity index (χ1n) is 4.53. The molecule has 1 aromatic heterocycles. The fourth-order valence-corrected chi connectivity index (χ4v) is 2.18. The van der Waals surface area contributed by atoms with Gasteiger partial charge in [0, 0.05) is 17.1 Å². The van der Waals surface area contributed by atoms with Crippen molar-refractivity contribution in [2.45, 2.75) is 5.88 Å². The van der Waals surface area contributed by atoms with Crippen molar-refractivity contribution < 1.29 is 0 Å². The van der Waals surface area contributed by atoms with Crippen molar-refractivity contribution in [3.05, 3.63) is 33.5 Å². The Balaban J connectivity index is 2.58. The van der Waals surface area contributed by atoms with Crippen LogP contribution in [0.3, 0.4) is 0 Å². The van der Waals surface area contributed by atoms with Crippen molar-refractivity contribution in [2.75, 3.05) is 0 Å². The Morgan fingerprint density at radius 2 is 2.12 bits per heavy atom. The lowest BCUT2D eigenvalue weighted by Crippen LogP contribution is -1.97. The number of alkyl halides is 1. The summed E-state index contributed by atoms with van der Waals surface area (Å²) in [6.45, 7) is 0. The second-order valence-corrected chi connectivity index (χ2v) is 4.85. The molecule has 6 heteroatoms. The van der Waals surface area contributed by atoms with Crippen LogP contribution >= 0.6 is 39.1 Å². The smallest absolute Gasteiger partial charge is 0.165 e.